The molecule has 0 aliphatic heterocycles. The first kappa shape index (κ1) is 12.2. The van der Waals surface area contributed by atoms with E-state index >= 15 is 0 Å². The Balaban J connectivity index is 2.53. The van der Waals surface area contributed by atoms with E-state index in [-0.39, 0.29) is 6.42 Å². The lowest BCUT2D eigenvalue weighted by molar-refractivity contribution is -0.136. The van der Waals surface area contributed by atoms with Gasteiger partial charge in [0.05, 0.1) is 6.42 Å². The van der Waals surface area contributed by atoms with Gasteiger partial charge in [0.2, 0.25) is 0 Å². The standard InChI is InChI=1S/C12H15BrO2/c13-7-2-1-4-10-5-3-6-11(8-10)9-12(14)15/h3,5-6,8H,1-2,4,7,9H2,(H,14,15). The number of carboxylic acids is 1. The molecule has 0 fully saturated rings. The van der Waals surface area contributed by atoms with Crippen molar-refractivity contribution in [2.24, 2.45) is 0 Å². The third kappa shape index (κ3) is 4.98. The summed E-state index contributed by atoms with van der Waals surface area (Å²) in [5, 5.41) is 9.70. The van der Waals surface area contributed by atoms with E-state index in [0.717, 1.165) is 30.2 Å². The van der Waals surface area contributed by atoms with E-state index in [9.17, 15) is 4.79 Å². The van der Waals surface area contributed by atoms with Crippen LogP contribution in [-0.4, -0.2) is 16.4 Å². The minimum Gasteiger partial charge on any atom is -0.481 e. The zero-order valence-electron chi connectivity index (χ0n) is 8.58. The minimum atomic E-state index is -0.771. The number of halogens is 1. The Labute approximate surface area is 98.4 Å². The summed E-state index contributed by atoms with van der Waals surface area (Å²) in [5.41, 5.74) is 2.12. The van der Waals surface area contributed by atoms with E-state index in [1.807, 2.05) is 18.2 Å². The summed E-state index contributed by atoms with van der Waals surface area (Å²) in [6, 6.07) is 7.84. The number of aryl methyl sites for hydroxylation is 1. The van der Waals surface area contributed by atoms with Gasteiger partial charge in [-0.15, -0.1) is 0 Å². The average molecular weight is 271 g/mol. The van der Waals surface area contributed by atoms with Crippen molar-refractivity contribution in [2.75, 3.05) is 5.33 Å². The predicted octanol–water partition coefficient (Wildman–Crippen LogP) is 3.03. The van der Waals surface area contributed by atoms with Crippen LogP contribution in [0.1, 0.15) is 24.0 Å². The second-order valence-corrected chi connectivity index (χ2v) is 4.33. The van der Waals surface area contributed by atoms with Crippen LogP contribution in [0.25, 0.3) is 0 Å². The normalized spacial score (nSPS) is 10.2. The lowest BCUT2D eigenvalue weighted by Crippen LogP contribution is -2.00. The number of carboxylic acid groups (broad SMARTS) is 1. The summed E-state index contributed by atoms with van der Waals surface area (Å²) in [5.74, 6) is -0.771. The third-order valence-electron chi connectivity index (χ3n) is 2.20. The van der Waals surface area contributed by atoms with E-state index in [1.54, 1.807) is 0 Å². The average Bonchev–Trinajstić information content (AvgIpc) is 2.18. The van der Waals surface area contributed by atoms with Gasteiger partial charge in [0.15, 0.2) is 0 Å². The topological polar surface area (TPSA) is 37.3 Å². The Bertz CT molecular complexity index is 323. The molecule has 0 amide bonds. The van der Waals surface area contributed by atoms with Crippen molar-refractivity contribution >= 4 is 21.9 Å². The number of aliphatic carboxylic acids is 1. The van der Waals surface area contributed by atoms with E-state index in [4.69, 9.17) is 5.11 Å². The fraction of sp³-hybridized carbons (Fsp3) is 0.417. The molecule has 0 heterocycles. The fourth-order valence-electron chi connectivity index (χ4n) is 1.49. The van der Waals surface area contributed by atoms with Gasteiger partial charge in [0.25, 0.3) is 0 Å². The Hall–Kier alpha value is -0.830. The van der Waals surface area contributed by atoms with Crippen molar-refractivity contribution in [1.82, 2.24) is 0 Å². The molecule has 1 N–H and O–H groups in total. The van der Waals surface area contributed by atoms with Crippen molar-refractivity contribution in [1.29, 1.82) is 0 Å². The van der Waals surface area contributed by atoms with Crippen LogP contribution in [0.3, 0.4) is 0 Å². The summed E-state index contributed by atoms with van der Waals surface area (Å²) in [6.45, 7) is 0. The first-order valence-electron chi connectivity index (χ1n) is 5.08. The maximum Gasteiger partial charge on any atom is 0.307 e. The molecule has 3 heteroatoms. The number of alkyl halides is 1. The second-order valence-electron chi connectivity index (χ2n) is 3.54. The molecule has 0 bridgehead atoms. The lowest BCUT2D eigenvalue weighted by atomic mass is 10.0. The zero-order valence-corrected chi connectivity index (χ0v) is 10.2. The molecule has 0 unspecified atom stereocenters. The molecule has 0 spiro atoms. The van der Waals surface area contributed by atoms with Crippen molar-refractivity contribution in [2.45, 2.75) is 25.7 Å². The molecule has 1 aromatic carbocycles. The monoisotopic (exact) mass is 270 g/mol. The third-order valence-corrected chi connectivity index (χ3v) is 2.76. The Morgan fingerprint density at radius 3 is 2.67 bits per heavy atom. The van der Waals surface area contributed by atoms with Crippen LogP contribution in [0.2, 0.25) is 0 Å². The van der Waals surface area contributed by atoms with Crippen LogP contribution >= 0.6 is 15.9 Å². The Morgan fingerprint density at radius 1 is 1.27 bits per heavy atom. The van der Waals surface area contributed by atoms with E-state index in [2.05, 4.69) is 22.0 Å². The quantitative estimate of drug-likeness (QED) is 0.637. The molecule has 0 aromatic heterocycles. The molecule has 0 aliphatic carbocycles. The molecule has 0 aliphatic rings. The van der Waals surface area contributed by atoms with E-state index in [1.165, 1.54) is 5.56 Å². The highest BCUT2D eigenvalue weighted by Crippen LogP contribution is 2.10. The van der Waals surface area contributed by atoms with Gasteiger partial charge in [-0.1, -0.05) is 40.2 Å². The smallest absolute Gasteiger partial charge is 0.307 e. The first-order valence-corrected chi connectivity index (χ1v) is 6.20. The number of benzene rings is 1. The second kappa shape index (κ2) is 6.62. The van der Waals surface area contributed by atoms with Gasteiger partial charge in [0, 0.05) is 5.33 Å². The number of rotatable bonds is 6. The van der Waals surface area contributed by atoms with Crippen LogP contribution in [0.15, 0.2) is 24.3 Å². The summed E-state index contributed by atoms with van der Waals surface area (Å²) >= 11 is 3.39. The maximum atomic E-state index is 10.5. The van der Waals surface area contributed by atoms with Crippen molar-refractivity contribution < 1.29 is 9.90 Å². The number of carbonyl (C=O) groups is 1. The fourth-order valence-corrected chi connectivity index (χ4v) is 1.89. The van der Waals surface area contributed by atoms with Gasteiger partial charge in [-0.25, -0.2) is 0 Å². The van der Waals surface area contributed by atoms with Gasteiger partial charge < -0.3 is 5.11 Å². The summed E-state index contributed by atoms with van der Waals surface area (Å²) in [4.78, 5) is 10.5. The number of hydrogen-bond donors (Lipinski definition) is 1. The molecule has 82 valence electrons. The molecule has 0 atom stereocenters. The summed E-state index contributed by atoms with van der Waals surface area (Å²) in [6.07, 6.45) is 3.44. The van der Waals surface area contributed by atoms with Gasteiger partial charge in [-0.3, -0.25) is 4.79 Å². The molecule has 2 nitrogen and oxygen atoms in total. The largest absolute Gasteiger partial charge is 0.481 e. The van der Waals surface area contributed by atoms with Crippen molar-refractivity contribution in [3.8, 4) is 0 Å². The van der Waals surface area contributed by atoms with Crippen LogP contribution in [0.4, 0.5) is 0 Å². The molecule has 15 heavy (non-hydrogen) atoms. The van der Waals surface area contributed by atoms with Crippen molar-refractivity contribution in [3.63, 3.8) is 0 Å². The Morgan fingerprint density at radius 2 is 2.00 bits per heavy atom. The van der Waals surface area contributed by atoms with E-state index < -0.39 is 5.97 Å². The molecule has 0 radical (unpaired) electrons. The summed E-state index contributed by atoms with van der Waals surface area (Å²) in [7, 11) is 0. The molecular weight excluding hydrogens is 256 g/mol. The summed E-state index contributed by atoms with van der Waals surface area (Å²) < 4.78 is 0. The number of hydrogen-bond acceptors (Lipinski definition) is 1. The van der Waals surface area contributed by atoms with Crippen LogP contribution in [-0.2, 0) is 17.6 Å². The maximum absolute atomic E-state index is 10.5. The van der Waals surface area contributed by atoms with Crippen LogP contribution in [0.5, 0.6) is 0 Å². The predicted molar refractivity (Wildman–Crippen MR) is 64.5 cm³/mol. The highest BCUT2D eigenvalue weighted by atomic mass is 79.9. The Kier molecular flexibility index (Phi) is 5.40. The molecule has 0 saturated carbocycles. The van der Waals surface area contributed by atoms with Gasteiger partial charge in [-0.2, -0.15) is 0 Å². The van der Waals surface area contributed by atoms with E-state index in [0.29, 0.717) is 0 Å². The van der Waals surface area contributed by atoms with Gasteiger partial charge in [0.1, 0.15) is 0 Å². The highest BCUT2D eigenvalue weighted by Gasteiger charge is 2.01. The SMILES string of the molecule is O=C(O)Cc1cccc(CCCCBr)c1. The molecular formula is C12H15BrO2. The highest BCUT2D eigenvalue weighted by molar-refractivity contribution is 9.09. The van der Waals surface area contributed by atoms with Crippen LogP contribution in [0, 0.1) is 0 Å². The zero-order chi connectivity index (χ0) is 11.1. The molecule has 1 rings (SSSR count). The van der Waals surface area contributed by atoms with Gasteiger partial charge in [-0.05, 0) is 30.4 Å². The van der Waals surface area contributed by atoms with Crippen LogP contribution < -0.4 is 0 Å². The number of unbranched alkanes of at least 4 members (excludes halogenated alkanes) is 1. The van der Waals surface area contributed by atoms with Crippen molar-refractivity contribution in [3.05, 3.63) is 35.4 Å². The molecule has 0 saturated heterocycles. The molecule has 1 aromatic rings. The van der Waals surface area contributed by atoms with Gasteiger partial charge >= 0.3 is 5.97 Å². The lowest BCUT2D eigenvalue weighted by Gasteiger charge is -2.02. The first-order chi connectivity index (χ1) is 7.22. The minimum absolute atomic E-state index is 0.117.